The van der Waals surface area contributed by atoms with Crippen LogP contribution in [-0.4, -0.2) is 31.2 Å². The first kappa shape index (κ1) is 15.7. The van der Waals surface area contributed by atoms with Gasteiger partial charge in [0.25, 0.3) is 0 Å². The molecule has 2 aliphatic rings. The van der Waals surface area contributed by atoms with E-state index in [0.717, 1.165) is 36.2 Å². The first-order chi connectivity index (χ1) is 11.6. The van der Waals surface area contributed by atoms with Gasteiger partial charge in [-0.2, -0.15) is 0 Å². The van der Waals surface area contributed by atoms with Gasteiger partial charge in [0.15, 0.2) is 0 Å². The monoisotopic (exact) mass is 342 g/mol. The van der Waals surface area contributed by atoms with E-state index in [2.05, 4.69) is 29.4 Å². The number of benzene rings is 1. The SMILES string of the molecule is CN1CCc2cc(C(O)CNC(=O)C3(c4cccs4)CC3)ccc21. The van der Waals surface area contributed by atoms with Crippen molar-refractivity contribution in [1.82, 2.24) is 5.32 Å². The molecule has 24 heavy (non-hydrogen) atoms. The number of anilines is 1. The Morgan fingerprint density at radius 2 is 2.25 bits per heavy atom. The summed E-state index contributed by atoms with van der Waals surface area (Å²) in [7, 11) is 2.09. The van der Waals surface area contributed by atoms with Gasteiger partial charge in [-0.3, -0.25) is 4.79 Å². The quantitative estimate of drug-likeness (QED) is 0.878. The minimum atomic E-state index is -0.663. The van der Waals surface area contributed by atoms with Gasteiger partial charge >= 0.3 is 0 Å². The number of aliphatic hydroxyl groups excluding tert-OH is 1. The van der Waals surface area contributed by atoms with Crippen LogP contribution in [0.3, 0.4) is 0 Å². The molecule has 126 valence electrons. The first-order valence-corrected chi connectivity index (χ1v) is 9.32. The van der Waals surface area contributed by atoms with Gasteiger partial charge in [-0.1, -0.05) is 18.2 Å². The minimum absolute atomic E-state index is 0.0462. The highest BCUT2D eigenvalue weighted by Crippen LogP contribution is 2.50. The smallest absolute Gasteiger partial charge is 0.231 e. The fraction of sp³-hybridized carbons (Fsp3) is 0.421. The number of carbonyl (C=O) groups excluding carboxylic acids is 1. The maximum Gasteiger partial charge on any atom is 0.231 e. The van der Waals surface area contributed by atoms with Gasteiger partial charge in [0.05, 0.1) is 11.5 Å². The molecule has 1 fully saturated rings. The zero-order valence-corrected chi connectivity index (χ0v) is 14.6. The second-order valence-electron chi connectivity index (χ2n) is 6.84. The van der Waals surface area contributed by atoms with Crippen molar-refractivity contribution in [2.45, 2.75) is 30.8 Å². The van der Waals surface area contributed by atoms with Crippen LogP contribution in [0.25, 0.3) is 0 Å². The average Bonchev–Trinajstić information content (AvgIpc) is 3.05. The Morgan fingerprint density at radius 1 is 1.42 bits per heavy atom. The molecule has 0 saturated heterocycles. The molecule has 1 aromatic heterocycles. The lowest BCUT2D eigenvalue weighted by Gasteiger charge is -2.18. The molecule has 5 heteroatoms. The van der Waals surface area contributed by atoms with Crippen LogP contribution in [0.2, 0.25) is 0 Å². The summed E-state index contributed by atoms with van der Waals surface area (Å²) in [6, 6.07) is 10.1. The molecule has 4 rings (SSSR count). The Kier molecular flexibility index (Phi) is 3.85. The third-order valence-electron chi connectivity index (χ3n) is 5.25. The van der Waals surface area contributed by atoms with E-state index in [0.29, 0.717) is 0 Å². The van der Waals surface area contributed by atoms with Crippen LogP contribution < -0.4 is 10.2 Å². The van der Waals surface area contributed by atoms with E-state index in [1.54, 1.807) is 11.3 Å². The fourth-order valence-electron chi connectivity index (χ4n) is 3.53. The molecular formula is C19H22N2O2S. The van der Waals surface area contributed by atoms with Crippen molar-refractivity contribution in [1.29, 1.82) is 0 Å². The number of nitrogens with one attached hydrogen (secondary N) is 1. The first-order valence-electron chi connectivity index (χ1n) is 8.44. The number of thiophene rings is 1. The number of aliphatic hydroxyl groups is 1. The van der Waals surface area contributed by atoms with Crippen molar-refractivity contribution in [3.05, 3.63) is 51.7 Å². The summed E-state index contributed by atoms with van der Waals surface area (Å²) >= 11 is 1.64. The van der Waals surface area contributed by atoms with Crippen LogP contribution in [-0.2, 0) is 16.6 Å². The van der Waals surface area contributed by atoms with Gasteiger partial charge in [0, 0.05) is 30.7 Å². The van der Waals surface area contributed by atoms with E-state index in [4.69, 9.17) is 0 Å². The highest BCUT2D eigenvalue weighted by molar-refractivity contribution is 7.10. The lowest BCUT2D eigenvalue weighted by atomic mass is 10.0. The number of fused-ring (bicyclic) bond motifs is 1. The molecule has 0 spiro atoms. The van der Waals surface area contributed by atoms with Gasteiger partial charge < -0.3 is 15.3 Å². The van der Waals surface area contributed by atoms with Crippen LogP contribution in [0.4, 0.5) is 5.69 Å². The van der Waals surface area contributed by atoms with Gasteiger partial charge in [-0.15, -0.1) is 11.3 Å². The topological polar surface area (TPSA) is 52.6 Å². The Morgan fingerprint density at radius 3 is 2.96 bits per heavy atom. The number of likely N-dealkylation sites (N-methyl/N-ethyl adjacent to an activating group) is 1. The van der Waals surface area contributed by atoms with Gasteiger partial charge in [0.2, 0.25) is 5.91 Å². The molecule has 1 atom stereocenters. The second-order valence-corrected chi connectivity index (χ2v) is 7.79. The van der Waals surface area contributed by atoms with Crippen LogP contribution in [0.5, 0.6) is 0 Å². The summed E-state index contributed by atoms with van der Waals surface area (Å²) in [6.07, 6.45) is 2.16. The van der Waals surface area contributed by atoms with Crippen molar-refractivity contribution < 1.29 is 9.90 Å². The van der Waals surface area contributed by atoms with Crippen molar-refractivity contribution >= 4 is 22.9 Å². The maximum absolute atomic E-state index is 12.6. The molecule has 0 radical (unpaired) electrons. The molecule has 2 heterocycles. The molecule has 1 amide bonds. The summed E-state index contributed by atoms with van der Waals surface area (Å²) in [4.78, 5) is 15.9. The highest BCUT2D eigenvalue weighted by Gasteiger charge is 2.52. The lowest BCUT2D eigenvalue weighted by Crippen LogP contribution is -2.36. The number of amides is 1. The summed E-state index contributed by atoms with van der Waals surface area (Å²) in [5.74, 6) is 0.0462. The van der Waals surface area contributed by atoms with Crippen LogP contribution in [0, 0.1) is 0 Å². The van der Waals surface area contributed by atoms with E-state index < -0.39 is 6.10 Å². The van der Waals surface area contributed by atoms with Crippen LogP contribution in [0.1, 0.15) is 34.9 Å². The van der Waals surface area contributed by atoms with Crippen molar-refractivity contribution in [2.24, 2.45) is 0 Å². The second kappa shape index (κ2) is 5.90. The Hall–Kier alpha value is -1.85. The number of rotatable bonds is 5. The molecule has 1 aliphatic heterocycles. The molecule has 2 N–H and O–H groups in total. The average molecular weight is 342 g/mol. The molecule has 1 aromatic carbocycles. The van der Waals surface area contributed by atoms with Gasteiger partial charge in [-0.05, 0) is 47.9 Å². The van der Waals surface area contributed by atoms with Crippen LogP contribution >= 0.6 is 11.3 Å². The molecule has 1 saturated carbocycles. The van der Waals surface area contributed by atoms with Crippen molar-refractivity contribution in [3.63, 3.8) is 0 Å². The standard InChI is InChI=1S/C19H22N2O2S/c1-21-9-6-13-11-14(4-5-15(13)21)16(22)12-20-18(23)19(7-8-19)17-3-2-10-24-17/h2-5,10-11,16,22H,6-9,12H2,1H3,(H,20,23). The summed E-state index contributed by atoms with van der Waals surface area (Å²) in [5, 5.41) is 15.4. The fourth-order valence-corrected chi connectivity index (χ4v) is 4.51. The number of hydrogen-bond donors (Lipinski definition) is 2. The van der Waals surface area contributed by atoms with E-state index in [1.165, 1.54) is 11.3 Å². The Labute approximate surface area is 146 Å². The maximum atomic E-state index is 12.6. The highest BCUT2D eigenvalue weighted by atomic mass is 32.1. The van der Waals surface area contributed by atoms with E-state index >= 15 is 0 Å². The molecule has 1 aliphatic carbocycles. The van der Waals surface area contributed by atoms with Gasteiger partial charge in [-0.25, -0.2) is 0 Å². The summed E-state index contributed by atoms with van der Waals surface area (Å²) < 4.78 is 0. The molecule has 1 unspecified atom stereocenters. The summed E-state index contributed by atoms with van der Waals surface area (Å²) in [5.41, 5.74) is 3.06. The zero-order chi connectivity index (χ0) is 16.7. The summed E-state index contributed by atoms with van der Waals surface area (Å²) in [6.45, 7) is 1.29. The van der Waals surface area contributed by atoms with Crippen molar-refractivity contribution in [2.75, 3.05) is 25.0 Å². The van der Waals surface area contributed by atoms with E-state index in [9.17, 15) is 9.90 Å². The third kappa shape index (κ3) is 2.62. The minimum Gasteiger partial charge on any atom is -0.387 e. The predicted molar refractivity (Wildman–Crippen MR) is 96.6 cm³/mol. The molecule has 0 bridgehead atoms. The lowest BCUT2D eigenvalue weighted by molar-refractivity contribution is -0.124. The Balaban J connectivity index is 1.40. The molecule has 2 aromatic rings. The largest absolute Gasteiger partial charge is 0.387 e. The number of carbonyl (C=O) groups is 1. The number of nitrogens with zero attached hydrogens (tertiary/aromatic N) is 1. The van der Waals surface area contributed by atoms with E-state index in [1.807, 2.05) is 23.6 Å². The predicted octanol–water partition coefficient (Wildman–Crippen LogP) is 2.62. The molecular weight excluding hydrogens is 320 g/mol. The normalized spacial score (nSPS) is 19.0. The molecule has 4 nitrogen and oxygen atoms in total. The number of hydrogen-bond acceptors (Lipinski definition) is 4. The third-order valence-corrected chi connectivity index (χ3v) is 6.32. The van der Waals surface area contributed by atoms with Gasteiger partial charge in [0.1, 0.15) is 0 Å². The van der Waals surface area contributed by atoms with Crippen LogP contribution in [0.15, 0.2) is 35.7 Å². The van der Waals surface area contributed by atoms with E-state index in [-0.39, 0.29) is 17.9 Å². The Bertz CT molecular complexity index is 753. The zero-order valence-electron chi connectivity index (χ0n) is 13.8. The van der Waals surface area contributed by atoms with Crippen molar-refractivity contribution in [3.8, 4) is 0 Å².